The molecule has 0 saturated heterocycles. The Morgan fingerprint density at radius 3 is 2.69 bits per heavy atom. The highest BCUT2D eigenvalue weighted by Crippen LogP contribution is 2.24. The lowest BCUT2D eigenvalue weighted by Gasteiger charge is -2.05. The molecule has 1 rings (SSSR count). The normalized spacial score (nSPS) is 10.6. The summed E-state index contributed by atoms with van der Waals surface area (Å²) in [5, 5.41) is 0. The molecular weight excluding hydrogens is 288 g/mol. The largest absolute Gasteiger partial charge is 0.469 e. The molecule has 0 saturated carbocycles. The fraction of sp³-hybridized carbons (Fsp3) is 0.333. The van der Waals surface area contributed by atoms with Crippen molar-refractivity contribution in [3.63, 3.8) is 0 Å². The van der Waals surface area contributed by atoms with Crippen LogP contribution in [0.2, 0.25) is 0 Å². The minimum atomic E-state index is -2.87. The van der Waals surface area contributed by atoms with E-state index in [9.17, 15) is 18.4 Å². The second kappa shape index (κ2) is 5.20. The number of halogens is 3. The van der Waals surface area contributed by atoms with Crippen LogP contribution < -0.4 is 5.56 Å². The predicted molar refractivity (Wildman–Crippen MR) is 55.4 cm³/mol. The van der Waals surface area contributed by atoms with Crippen molar-refractivity contribution in [3.8, 4) is 0 Å². The topological polar surface area (TPSA) is 59.2 Å². The molecule has 4 nitrogen and oxygen atoms in total. The van der Waals surface area contributed by atoms with Crippen molar-refractivity contribution in [3.05, 3.63) is 32.2 Å². The SMILES string of the molecule is COC(=O)Cc1cc(Br)c(C(F)F)c(=O)[nH]1. The summed E-state index contributed by atoms with van der Waals surface area (Å²) < 4.78 is 29.2. The standard InChI is InChI=1S/C9H8BrF2NO3/c1-16-6(14)3-4-2-5(10)7(8(11)12)9(15)13-4/h2,8H,3H2,1H3,(H,13,15). The van der Waals surface area contributed by atoms with Crippen molar-refractivity contribution in [2.24, 2.45) is 0 Å². The minimum absolute atomic E-state index is 0.0230. The Bertz CT molecular complexity index is 459. The van der Waals surface area contributed by atoms with Crippen molar-refractivity contribution in [1.29, 1.82) is 0 Å². The number of esters is 1. The lowest BCUT2D eigenvalue weighted by Crippen LogP contribution is -2.18. The molecule has 1 N–H and O–H groups in total. The molecule has 7 heteroatoms. The third-order valence-corrected chi connectivity index (χ3v) is 2.51. The predicted octanol–water partition coefficient (Wildman–Crippen LogP) is 1.79. The van der Waals surface area contributed by atoms with E-state index in [4.69, 9.17) is 0 Å². The lowest BCUT2D eigenvalue weighted by atomic mass is 10.2. The van der Waals surface area contributed by atoms with Gasteiger partial charge in [-0.15, -0.1) is 0 Å². The zero-order chi connectivity index (χ0) is 12.3. The molecule has 88 valence electrons. The second-order valence-electron chi connectivity index (χ2n) is 2.94. The van der Waals surface area contributed by atoms with E-state index in [1.165, 1.54) is 13.2 Å². The van der Waals surface area contributed by atoms with E-state index in [0.717, 1.165) is 0 Å². The van der Waals surface area contributed by atoms with Gasteiger partial charge in [-0.2, -0.15) is 0 Å². The Labute approximate surface area is 97.7 Å². The maximum absolute atomic E-state index is 12.4. The highest BCUT2D eigenvalue weighted by Gasteiger charge is 2.18. The molecule has 1 aromatic heterocycles. The number of pyridine rings is 1. The van der Waals surface area contributed by atoms with E-state index in [2.05, 4.69) is 25.7 Å². The van der Waals surface area contributed by atoms with E-state index in [0.29, 0.717) is 0 Å². The Morgan fingerprint density at radius 2 is 2.25 bits per heavy atom. The fourth-order valence-electron chi connectivity index (χ4n) is 1.11. The number of ether oxygens (including phenoxy) is 1. The van der Waals surface area contributed by atoms with Gasteiger partial charge in [0.05, 0.1) is 19.1 Å². The number of nitrogens with one attached hydrogen (secondary N) is 1. The fourth-order valence-corrected chi connectivity index (χ4v) is 1.74. The summed E-state index contributed by atoms with van der Waals surface area (Å²) in [4.78, 5) is 24.4. The van der Waals surface area contributed by atoms with Crippen LogP contribution in [0, 0.1) is 0 Å². The van der Waals surface area contributed by atoms with Crippen molar-refractivity contribution in [2.75, 3.05) is 7.11 Å². The van der Waals surface area contributed by atoms with Gasteiger partial charge >= 0.3 is 5.97 Å². The molecule has 0 fully saturated rings. The monoisotopic (exact) mass is 295 g/mol. The second-order valence-corrected chi connectivity index (χ2v) is 3.79. The summed E-state index contributed by atoms with van der Waals surface area (Å²) in [6.07, 6.45) is -3.04. The summed E-state index contributed by atoms with van der Waals surface area (Å²) in [6, 6.07) is 1.26. The van der Waals surface area contributed by atoms with Gasteiger partial charge in [0.15, 0.2) is 0 Å². The molecule has 0 unspecified atom stereocenters. The first-order valence-electron chi connectivity index (χ1n) is 4.22. The summed E-state index contributed by atoms with van der Waals surface area (Å²) in [5.74, 6) is -0.563. The van der Waals surface area contributed by atoms with Crippen LogP contribution in [0.25, 0.3) is 0 Å². The Kier molecular flexibility index (Phi) is 4.17. The Morgan fingerprint density at radius 1 is 1.62 bits per heavy atom. The average molecular weight is 296 g/mol. The number of carbonyl (C=O) groups is 1. The van der Waals surface area contributed by atoms with Crippen LogP contribution in [0.5, 0.6) is 0 Å². The molecule has 0 atom stereocenters. The number of H-pyrrole nitrogens is 1. The van der Waals surface area contributed by atoms with Crippen molar-refractivity contribution in [1.82, 2.24) is 4.98 Å². The zero-order valence-electron chi connectivity index (χ0n) is 8.22. The van der Waals surface area contributed by atoms with E-state index in [1.54, 1.807) is 0 Å². The molecule has 0 spiro atoms. The minimum Gasteiger partial charge on any atom is -0.469 e. The number of rotatable bonds is 3. The smallest absolute Gasteiger partial charge is 0.311 e. The van der Waals surface area contributed by atoms with Crippen LogP contribution in [-0.4, -0.2) is 18.1 Å². The first kappa shape index (κ1) is 12.8. The number of methoxy groups -OCH3 is 1. The zero-order valence-corrected chi connectivity index (χ0v) is 9.81. The van der Waals surface area contributed by atoms with E-state index in [-0.39, 0.29) is 16.6 Å². The highest BCUT2D eigenvalue weighted by molar-refractivity contribution is 9.10. The molecule has 0 aliphatic heterocycles. The van der Waals surface area contributed by atoms with Gasteiger partial charge in [0.25, 0.3) is 12.0 Å². The van der Waals surface area contributed by atoms with Gasteiger partial charge in [-0.3, -0.25) is 9.59 Å². The molecule has 0 radical (unpaired) electrons. The molecule has 0 aliphatic rings. The number of hydrogen-bond donors (Lipinski definition) is 1. The van der Waals surface area contributed by atoms with Crippen LogP contribution in [0.15, 0.2) is 15.3 Å². The molecular formula is C9H8BrF2NO3. The lowest BCUT2D eigenvalue weighted by molar-refractivity contribution is -0.139. The van der Waals surface area contributed by atoms with Crippen LogP contribution in [0.4, 0.5) is 8.78 Å². The van der Waals surface area contributed by atoms with Gasteiger partial charge in [0.1, 0.15) is 0 Å². The van der Waals surface area contributed by atoms with Gasteiger partial charge in [-0.1, -0.05) is 15.9 Å². The quantitative estimate of drug-likeness (QED) is 0.865. The molecule has 0 aromatic carbocycles. The maximum atomic E-state index is 12.4. The summed E-state index contributed by atoms with van der Waals surface area (Å²) in [7, 11) is 1.20. The number of carbonyl (C=O) groups excluding carboxylic acids is 1. The molecule has 16 heavy (non-hydrogen) atoms. The summed E-state index contributed by atoms with van der Waals surface area (Å²) in [6.45, 7) is 0. The third-order valence-electron chi connectivity index (χ3n) is 1.86. The van der Waals surface area contributed by atoms with Gasteiger partial charge in [0.2, 0.25) is 0 Å². The van der Waals surface area contributed by atoms with Gasteiger partial charge < -0.3 is 9.72 Å². The van der Waals surface area contributed by atoms with Crippen LogP contribution >= 0.6 is 15.9 Å². The Balaban J connectivity index is 3.10. The Hall–Kier alpha value is -1.24. The van der Waals surface area contributed by atoms with Gasteiger partial charge in [0, 0.05) is 10.2 Å². The van der Waals surface area contributed by atoms with Crippen LogP contribution in [0.1, 0.15) is 17.7 Å². The number of alkyl halides is 2. The highest BCUT2D eigenvalue weighted by atomic mass is 79.9. The van der Waals surface area contributed by atoms with Crippen LogP contribution in [-0.2, 0) is 16.0 Å². The maximum Gasteiger partial charge on any atom is 0.311 e. The number of aromatic nitrogens is 1. The van der Waals surface area contributed by atoms with E-state index < -0.39 is 23.5 Å². The van der Waals surface area contributed by atoms with Gasteiger partial charge in [-0.25, -0.2) is 8.78 Å². The van der Waals surface area contributed by atoms with Crippen LogP contribution in [0.3, 0.4) is 0 Å². The summed E-state index contributed by atoms with van der Waals surface area (Å²) in [5.41, 5.74) is -1.34. The average Bonchev–Trinajstić information content (AvgIpc) is 2.15. The third kappa shape index (κ3) is 2.88. The van der Waals surface area contributed by atoms with Crippen molar-refractivity contribution in [2.45, 2.75) is 12.8 Å². The van der Waals surface area contributed by atoms with Crippen molar-refractivity contribution >= 4 is 21.9 Å². The van der Waals surface area contributed by atoms with Gasteiger partial charge in [-0.05, 0) is 6.07 Å². The first-order chi connectivity index (χ1) is 7.45. The number of aromatic amines is 1. The molecule has 1 aromatic rings. The van der Waals surface area contributed by atoms with E-state index in [1.807, 2.05) is 0 Å². The van der Waals surface area contributed by atoms with Crippen molar-refractivity contribution < 1.29 is 18.3 Å². The number of hydrogen-bond acceptors (Lipinski definition) is 3. The summed E-state index contributed by atoms with van der Waals surface area (Å²) >= 11 is 2.86. The van der Waals surface area contributed by atoms with E-state index >= 15 is 0 Å². The molecule has 0 aliphatic carbocycles. The molecule has 0 bridgehead atoms. The molecule has 0 amide bonds. The first-order valence-corrected chi connectivity index (χ1v) is 5.01. The molecule has 1 heterocycles.